The Kier molecular flexibility index (Phi) is 23.1. The lowest BCUT2D eigenvalue weighted by Gasteiger charge is -2.39. The second-order valence-electron chi connectivity index (χ2n) is 17.4. The SMILES string of the molecule is CCc1cn(CC)nn1.COCCOCCNC(=O)OC[C@@H]1[C@@H]2CCc3c(nnn3C)CC[C@@H]21.COP(=O)(OC[C@H]1O[C@@H](C)C(O)C1OC(C)C)OC1C(O)[C@H](C)OC[C@@H]1COC(C)C. The second-order valence-corrected chi connectivity index (χ2v) is 19.1. The number of hydrogen-bond donors (Lipinski definition) is 3. The maximum atomic E-state index is 13.2. The predicted octanol–water partition coefficient (Wildman–Crippen LogP) is 3.71. The van der Waals surface area contributed by atoms with Crippen molar-refractivity contribution in [2.75, 3.05) is 67.0 Å². The fourth-order valence-corrected chi connectivity index (χ4v) is 9.28. The number of phosphoric ester groups is 1. The van der Waals surface area contributed by atoms with Gasteiger partial charge in [-0.05, 0) is 98.3 Å². The Labute approximate surface area is 384 Å². The number of aromatic nitrogens is 6. The van der Waals surface area contributed by atoms with Gasteiger partial charge in [0.05, 0.1) is 87.7 Å². The quantitative estimate of drug-likeness (QED) is 0.119. The fourth-order valence-electron chi connectivity index (χ4n) is 8.10. The van der Waals surface area contributed by atoms with Gasteiger partial charge in [0.2, 0.25) is 0 Å². The minimum absolute atomic E-state index is 0.0200. The minimum Gasteiger partial charge on any atom is -0.449 e. The van der Waals surface area contributed by atoms with E-state index in [1.54, 1.807) is 21.0 Å². The number of nitrogens with zero attached hydrogens (tertiary/aromatic N) is 6. The van der Waals surface area contributed by atoms with E-state index in [0.29, 0.717) is 50.7 Å². The zero-order valence-corrected chi connectivity index (χ0v) is 41.3. The van der Waals surface area contributed by atoms with Gasteiger partial charge in [0.1, 0.15) is 30.5 Å². The fraction of sp³-hybridized carbons (Fsp3) is 0.884. The maximum absolute atomic E-state index is 13.2. The van der Waals surface area contributed by atoms with Crippen LogP contribution in [0, 0.1) is 23.7 Å². The van der Waals surface area contributed by atoms with Crippen molar-refractivity contribution in [3.8, 4) is 0 Å². The molecule has 3 N–H and O–H groups in total. The molecule has 5 unspecified atom stereocenters. The number of alkyl carbamates (subject to hydrolysis) is 1. The summed E-state index contributed by atoms with van der Waals surface area (Å²) in [4.78, 5) is 11.8. The number of amides is 1. The average Bonchev–Trinajstić information content (AvgIpc) is 3.51. The van der Waals surface area contributed by atoms with E-state index in [1.165, 1.54) is 12.8 Å². The van der Waals surface area contributed by atoms with Crippen LogP contribution < -0.4 is 5.32 Å². The number of aryl methyl sites for hydroxylation is 4. The van der Waals surface area contributed by atoms with Crippen LogP contribution in [-0.4, -0.2) is 168 Å². The van der Waals surface area contributed by atoms with Crippen molar-refractivity contribution in [3.63, 3.8) is 0 Å². The van der Waals surface area contributed by atoms with E-state index in [9.17, 15) is 19.6 Å². The van der Waals surface area contributed by atoms with Gasteiger partial charge >= 0.3 is 13.9 Å². The smallest absolute Gasteiger partial charge is 0.449 e. The van der Waals surface area contributed by atoms with E-state index >= 15 is 0 Å². The Morgan fingerprint density at radius 2 is 1.66 bits per heavy atom. The third kappa shape index (κ3) is 17.1. The molecular weight excluding hydrogens is 869 g/mol. The number of carbonyl (C=O) groups excluding carboxylic acids is 1. The number of aliphatic hydroxyl groups excluding tert-OH is 2. The number of phosphoric acid groups is 1. The molecule has 374 valence electrons. The van der Waals surface area contributed by atoms with Crippen LogP contribution in [0.1, 0.15) is 85.3 Å². The zero-order valence-electron chi connectivity index (χ0n) is 40.4. The van der Waals surface area contributed by atoms with E-state index < -0.39 is 50.6 Å². The van der Waals surface area contributed by atoms with Gasteiger partial charge in [0.25, 0.3) is 0 Å². The molecule has 65 heavy (non-hydrogen) atoms. The first-order valence-electron chi connectivity index (χ1n) is 23.2. The topological polar surface area (TPSA) is 240 Å². The summed E-state index contributed by atoms with van der Waals surface area (Å²) >= 11 is 0. The number of fused-ring (bicyclic) bond motifs is 2. The van der Waals surface area contributed by atoms with Gasteiger partial charge in [-0.25, -0.2) is 9.36 Å². The van der Waals surface area contributed by atoms with Crippen molar-refractivity contribution >= 4 is 13.9 Å². The summed E-state index contributed by atoms with van der Waals surface area (Å²) in [5, 5.41) is 39.8. The number of rotatable bonds is 21. The molecule has 6 rings (SSSR count). The van der Waals surface area contributed by atoms with Crippen LogP contribution in [0.4, 0.5) is 4.79 Å². The number of hydrogen-bond acceptors (Lipinski definition) is 18. The van der Waals surface area contributed by atoms with Crippen molar-refractivity contribution in [1.29, 1.82) is 0 Å². The standard InChI is InChI=1S/C20H39O10P.C17H28N4O4.C6H11N3/c1-11(2)25-8-15-9-26-13(5)17(21)19(15)30-31(23,24-7)27-10-16-20(28-12(3)4)18(22)14(6)29-16;1-21-16-6-4-13-12(3-5-15(16)19-20-21)14(13)11-25-17(22)18-7-8-24-10-9-23-2;1-3-6-5-9(4-2)8-7-6/h11-22H,8-10H2,1-7H3;12-14H,3-11H2,1-2H3,(H,18,22);5H,3-4H2,1-2H3/t13-,14-,15-,16+,17?,18?,19?,20?,31?;12-,13+,14-;/m00./s1. The van der Waals surface area contributed by atoms with E-state index in [1.807, 2.05) is 57.2 Å². The lowest BCUT2D eigenvalue weighted by Crippen LogP contribution is -2.51. The third-order valence-corrected chi connectivity index (χ3v) is 13.4. The highest BCUT2D eigenvalue weighted by atomic mass is 31.2. The minimum atomic E-state index is -4.06. The molecule has 0 aromatic carbocycles. The third-order valence-electron chi connectivity index (χ3n) is 12.0. The highest BCUT2D eigenvalue weighted by molar-refractivity contribution is 7.48. The maximum Gasteiger partial charge on any atom is 0.474 e. The van der Waals surface area contributed by atoms with Crippen molar-refractivity contribution in [3.05, 3.63) is 23.3 Å². The van der Waals surface area contributed by atoms with Gasteiger partial charge in [-0.1, -0.05) is 17.4 Å². The Hall–Kier alpha value is -2.66. The summed E-state index contributed by atoms with van der Waals surface area (Å²) < 4.78 is 71.6. The Balaban J connectivity index is 0.000000242. The van der Waals surface area contributed by atoms with Gasteiger partial charge in [0, 0.05) is 46.5 Å². The molecule has 2 aromatic heterocycles. The van der Waals surface area contributed by atoms with Gasteiger partial charge in [-0.3, -0.25) is 22.9 Å². The van der Waals surface area contributed by atoms with Gasteiger partial charge in [-0.2, -0.15) is 0 Å². The lowest BCUT2D eigenvalue weighted by atomic mass is 9.93. The molecule has 4 heterocycles. The molecule has 0 radical (unpaired) electrons. The molecule has 4 aliphatic rings. The molecule has 0 bridgehead atoms. The van der Waals surface area contributed by atoms with Gasteiger partial charge in [-0.15, -0.1) is 10.2 Å². The number of aliphatic hydroxyl groups is 2. The molecule has 2 aromatic rings. The van der Waals surface area contributed by atoms with Crippen LogP contribution in [0.2, 0.25) is 0 Å². The zero-order chi connectivity index (χ0) is 47.7. The Morgan fingerprint density at radius 3 is 2.29 bits per heavy atom. The summed E-state index contributed by atoms with van der Waals surface area (Å²) in [7, 11) is 0.744. The van der Waals surface area contributed by atoms with Crippen molar-refractivity contribution in [2.24, 2.45) is 30.7 Å². The van der Waals surface area contributed by atoms with E-state index in [-0.39, 0.29) is 44.0 Å². The first kappa shape index (κ1) is 54.9. The van der Waals surface area contributed by atoms with E-state index in [4.69, 9.17) is 46.7 Å². The Morgan fingerprint density at radius 1 is 0.938 bits per heavy atom. The molecule has 22 heteroatoms. The average molecular weight is 948 g/mol. The second kappa shape index (κ2) is 27.4. The van der Waals surface area contributed by atoms with Crippen LogP contribution in [0.5, 0.6) is 0 Å². The number of carbonyl (C=O) groups is 1. The molecule has 1 saturated carbocycles. The first-order chi connectivity index (χ1) is 31.0. The van der Waals surface area contributed by atoms with Crippen LogP contribution in [0.25, 0.3) is 0 Å². The monoisotopic (exact) mass is 948 g/mol. The van der Waals surface area contributed by atoms with Crippen molar-refractivity contribution < 1.29 is 66.3 Å². The number of methoxy groups -OCH3 is 1. The highest BCUT2D eigenvalue weighted by Gasteiger charge is 2.50. The summed E-state index contributed by atoms with van der Waals surface area (Å²) in [5.41, 5.74) is 3.46. The molecule has 2 aliphatic carbocycles. The van der Waals surface area contributed by atoms with Crippen LogP contribution in [0.3, 0.4) is 0 Å². The molecule has 2 aliphatic heterocycles. The molecule has 12 atom stereocenters. The first-order valence-corrected chi connectivity index (χ1v) is 24.6. The van der Waals surface area contributed by atoms with E-state index in [0.717, 1.165) is 50.0 Å². The molecule has 2 saturated heterocycles. The molecule has 1 amide bonds. The number of ether oxygens (including phenoxy) is 7. The van der Waals surface area contributed by atoms with Gasteiger partial charge < -0.3 is 48.7 Å². The van der Waals surface area contributed by atoms with Crippen molar-refractivity contribution in [1.82, 2.24) is 35.3 Å². The molecule has 0 spiro atoms. The molecule has 21 nitrogen and oxygen atoms in total. The van der Waals surface area contributed by atoms with Crippen LogP contribution in [0.15, 0.2) is 6.20 Å². The molecule has 3 fully saturated rings. The van der Waals surface area contributed by atoms with Crippen LogP contribution in [-0.2, 0) is 84.1 Å². The summed E-state index contributed by atoms with van der Waals surface area (Å²) in [6.07, 6.45) is 1.65. The molecular formula is C43H78N7O14P. The lowest BCUT2D eigenvalue weighted by molar-refractivity contribution is -0.169. The summed E-state index contributed by atoms with van der Waals surface area (Å²) in [5.74, 6) is 1.45. The normalized spacial score (nSPS) is 29.3. The van der Waals surface area contributed by atoms with Crippen molar-refractivity contribution in [2.45, 2.75) is 149 Å². The van der Waals surface area contributed by atoms with Crippen LogP contribution >= 0.6 is 7.82 Å². The highest BCUT2D eigenvalue weighted by Crippen LogP contribution is 2.53. The summed E-state index contributed by atoms with van der Waals surface area (Å²) in [6, 6.07) is 0. The Bertz CT molecular complexity index is 1700. The predicted molar refractivity (Wildman–Crippen MR) is 237 cm³/mol. The largest absolute Gasteiger partial charge is 0.474 e. The van der Waals surface area contributed by atoms with E-state index in [2.05, 4.69) is 32.9 Å². The number of nitrogens with one attached hydrogen (secondary N) is 1. The van der Waals surface area contributed by atoms with Gasteiger partial charge in [0.15, 0.2) is 0 Å². The summed E-state index contributed by atoms with van der Waals surface area (Å²) in [6.45, 7) is 18.8.